The smallest absolute Gasteiger partial charge is 0.161 e. The Kier molecular flexibility index (Phi) is 4.43. The van der Waals surface area contributed by atoms with Gasteiger partial charge in [0.2, 0.25) is 0 Å². The van der Waals surface area contributed by atoms with Crippen LogP contribution in [0.3, 0.4) is 0 Å². The summed E-state index contributed by atoms with van der Waals surface area (Å²) >= 11 is 0. The van der Waals surface area contributed by atoms with Gasteiger partial charge in [-0.3, -0.25) is 4.79 Å². The third-order valence-electron chi connectivity index (χ3n) is 4.52. The van der Waals surface area contributed by atoms with Crippen molar-refractivity contribution in [3.8, 4) is 0 Å². The molecule has 0 aromatic carbocycles. The van der Waals surface area contributed by atoms with Crippen LogP contribution in [0, 0.1) is 12.8 Å². The lowest BCUT2D eigenvalue weighted by Crippen LogP contribution is -2.30. The number of aromatic nitrogens is 3. The van der Waals surface area contributed by atoms with E-state index in [0.717, 1.165) is 43.2 Å². The molecule has 0 aliphatic carbocycles. The Hall–Kier alpha value is -1.88. The molecule has 2 aromatic heterocycles. The Morgan fingerprint density at radius 2 is 2.14 bits per heavy atom. The monoisotopic (exact) mass is 300 g/mol. The fraction of sp³-hybridized carbons (Fsp3) is 0.529. The van der Waals surface area contributed by atoms with Crippen LogP contribution in [0.25, 0.3) is 0 Å². The molecule has 5 nitrogen and oxygen atoms in total. The molecule has 1 N–H and O–H groups in total. The van der Waals surface area contributed by atoms with E-state index in [4.69, 9.17) is 0 Å². The van der Waals surface area contributed by atoms with Gasteiger partial charge in [0.1, 0.15) is 0 Å². The molecule has 118 valence electrons. The highest BCUT2D eigenvalue weighted by Crippen LogP contribution is 2.17. The normalized spacial score (nSPS) is 16.1. The molecule has 1 aliphatic heterocycles. The van der Waals surface area contributed by atoms with E-state index in [1.54, 1.807) is 6.92 Å². The van der Waals surface area contributed by atoms with E-state index in [9.17, 15) is 4.79 Å². The molecule has 0 radical (unpaired) electrons. The van der Waals surface area contributed by atoms with E-state index >= 15 is 0 Å². The number of aryl methyl sites for hydroxylation is 1. The highest BCUT2D eigenvalue weighted by Gasteiger charge is 2.15. The van der Waals surface area contributed by atoms with Gasteiger partial charge in [-0.2, -0.15) is 0 Å². The van der Waals surface area contributed by atoms with Crippen molar-refractivity contribution in [3.05, 3.63) is 41.7 Å². The lowest BCUT2D eigenvalue weighted by Gasteiger charge is -2.23. The number of nitrogens with one attached hydrogen (secondary N) is 1. The number of imidazole rings is 1. The van der Waals surface area contributed by atoms with Gasteiger partial charge in [-0.25, -0.2) is 4.98 Å². The van der Waals surface area contributed by atoms with Gasteiger partial charge in [-0.1, -0.05) is 0 Å². The second-order valence-corrected chi connectivity index (χ2v) is 6.31. The van der Waals surface area contributed by atoms with Crippen molar-refractivity contribution in [1.29, 1.82) is 0 Å². The van der Waals surface area contributed by atoms with E-state index in [1.165, 1.54) is 18.5 Å². The van der Waals surface area contributed by atoms with Crippen molar-refractivity contribution >= 4 is 5.78 Å². The predicted molar refractivity (Wildman–Crippen MR) is 86.1 cm³/mol. The summed E-state index contributed by atoms with van der Waals surface area (Å²) in [7, 11) is 0. The van der Waals surface area contributed by atoms with Crippen molar-refractivity contribution in [2.24, 2.45) is 5.92 Å². The molecular weight excluding hydrogens is 276 g/mol. The number of carbonyl (C=O) groups is 1. The maximum Gasteiger partial charge on any atom is 0.161 e. The molecule has 5 heteroatoms. The van der Waals surface area contributed by atoms with Gasteiger partial charge in [-0.15, -0.1) is 0 Å². The third-order valence-corrected chi connectivity index (χ3v) is 4.52. The lowest BCUT2D eigenvalue weighted by molar-refractivity contribution is 0.101. The van der Waals surface area contributed by atoms with E-state index in [0.29, 0.717) is 0 Å². The maximum atomic E-state index is 11.6. The van der Waals surface area contributed by atoms with Crippen LogP contribution in [-0.2, 0) is 13.1 Å². The molecule has 1 aliphatic rings. The van der Waals surface area contributed by atoms with Crippen LogP contribution < -0.4 is 5.32 Å². The quantitative estimate of drug-likeness (QED) is 0.862. The van der Waals surface area contributed by atoms with E-state index in [1.807, 2.05) is 31.8 Å². The fourth-order valence-electron chi connectivity index (χ4n) is 3.26. The average molecular weight is 300 g/mol. The Labute approximate surface area is 131 Å². The van der Waals surface area contributed by atoms with Gasteiger partial charge in [-0.05, 0) is 51.3 Å². The largest absolute Gasteiger partial charge is 0.347 e. The van der Waals surface area contributed by atoms with Gasteiger partial charge in [0.15, 0.2) is 5.78 Å². The molecule has 0 atom stereocenters. The summed E-state index contributed by atoms with van der Waals surface area (Å²) in [5.74, 6) is 0.854. The van der Waals surface area contributed by atoms with Crippen LogP contribution in [0.1, 0.15) is 41.4 Å². The summed E-state index contributed by atoms with van der Waals surface area (Å²) in [6, 6.07) is 0. The second-order valence-electron chi connectivity index (χ2n) is 6.31. The Morgan fingerprint density at radius 1 is 1.36 bits per heavy atom. The summed E-state index contributed by atoms with van der Waals surface area (Å²) < 4.78 is 4.35. The van der Waals surface area contributed by atoms with E-state index in [-0.39, 0.29) is 5.78 Å². The van der Waals surface area contributed by atoms with Crippen LogP contribution in [0.2, 0.25) is 0 Å². The summed E-state index contributed by atoms with van der Waals surface area (Å²) in [5.41, 5.74) is 3.05. The molecule has 3 heterocycles. The molecule has 0 spiro atoms. The number of Topliss-reactive ketones (excluding diaryl/α,β-unsaturated/α-hetero) is 1. The number of hydrogen-bond acceptors (Lipinski definition) is 3. The molecule has 1 saturated heterocycles. The minimum absolute atomic E-state index is 0.125. The zero-order chi connectivity index (χ0) is 15.5. The summed E-state index contributed by atoms with van der Waals surface area (Å²) in [4.78, 5) is 15.9. The van der Waals surface area contributed by atoms with Crippen LogP contribution in [0.4, 0.5) is 0 Å². The highest BCUT2D eigenvalue weighted by atomic mass is 16.1. The summed E-state index contributed by atoms with van der Waals surface area (Å²) in [5, 5.41) is 3.41. The highest BCUT2D eigenvalue weighted by molar-refractivity contribution is 5.95. The lowest BCUT2D eigenvalue weighted by atomic mass is 9.98. The van der Waals surface area contributed by atoms with Gasteiger partial charge < -0.3 is 14.5 Å². The maximum absolute atomic E-state index is 11.6. The molecular formula is C17H24N4O. The van der Waals surface area contributed by atoms with Crippen molar-refractivity contribution in [3.63, 3.8) is 0 Å². The minimum atomic E-state index is 0.125. The zero-order valence-electron chi connectivity index (χ0n) is 13.4. The summed E-state index contributed by atoms with van der Waals surface area (Å²) in [6.45, 7) is 7.64. The zero-order valence-corrected chi connectivity index (χ0v) is 13.4. The first kappa shape index (κ1) is 15.0. The van der Waals surface area contributed by atoms with Crippen LogP contribution >= 0.6 is 0 Å². The number of ketones is 1. The Balaban J connectivity index is 1.71. The van der Waals surface area contributed by atoms with Gasteiger partial charge in [0.25, 0.3) is 0 Å². The fourth-order valence-corrected chi connectivity index (χ4v) is 3.26. The molecule has 2 aromatic rings. The van der Waals surface area contributed by atoms with Crippen LogP contribution in [0.15, 0.2) is 24.9 Å². The molecule has 0 bridgehead atoms. The standard InChI is InChI=1S/C17H24N4O/c1-13-8-20(11-17(13)14(2)22)10-16-7-19-12-21(16)9-15-3-5-18-6-4-15/h7-8,11-12,15,18H,3-6,9-10H2,1-2H3. The Morgan fingerprint density at radius 3 is 2.82 bits per heavy atom. The van der Waals surface area contributed by atoms with Crippen molar-refractivity contribution in [1.82, 2.24) is 19.4 Å². The number of piperidine rings is 1. The first-order chi connectivity index (χ1) is 10.6. The minimum Gasteiger partial charge on any atom is -0.347 e. The van der Waals surface area contributed by atoms with E-state index < -0.39 is 0 Å². The topological polar surface area (TPSA) is 51.9 Å². The molecule has 1 fully saturated rings. The Bertz CT molecular complexity index is 649. The first-order valence-electron chi connectivity index (χ1n) is 8.00. The van der Waals surface area contributed by atoms with Gasteiger partial charge in [0, 0.05) is 30.7 Å². The van der Waals surface area contributed by atoms with Gasteiger partial charge >= 0.3 is 0 Å². The molecule has 0 unspecified atom stereocenters. The third kappa shape index (κ3) is 3.30. The number of rotatable bonds is 5. The SMILES string of the molecule is CC(=O)c1cn(Cc2cncn2CC2CCNCC2)cc1C. The number of hydrogen-bond donors (Lipinski definition) is 1. The molecule has 0 amide bonds. The number of carbonyl (C=O) groups excluding carboxylic acids is 1. The van der Waals surface area contributed by atoms with Gasteiger partial charge in [0.05, 0.1) is 18.6 Å². The van der Waals surface area contributed by atoms with Crippen molar-refractivity contribution < 1.29 is 4.79 Å². The van der Waals surface area contributed by atoms with Crippen LogP contribution in [-0.4, -0.2) is 33.0 Å². The molecule has 22 heavy (non-hydrogen) atoms. The number of nitrogens with zero attached hydrogens (tertiary/aromatic N) is 3. The summed E-state index contributed by atoms with van der Waals surface area (Å²) in [6.07, 6.45) is 10.3. The van der Waals surface area contributed by atoms with Crippen LogP contribution in [0.5, 0.6) is 0 Å². The van der Waals surface area contributed by atoms with Crippen molar-refractivity contribution in [2.45, 2.75) is 39.8 Å². The molecule has 0 saturated carbocycles. The van der Waals surface area contributed by atoms with Crippen molar-refractivity contribution in [2.75, 3.05) is 13.1 Å². The van der Waals surface area contributed by atoms with E-state index in [2.05, 4.69) is 19.4 Å². The predicted octanol–water partition coefficient (Wildman–Crippen LogP) is 2.24. The molecule has 3 rings (SSSR count). The second kappa shape index (κ2) is 6.48. The average Bonchev–Trinajstić information content (AvgIpc) is 3.07. The first-order valence-corrected chi connectivity index (χ1v) is 8.00.